The number of aromatic amines is 2. The van der Waals surface area contributed by atoms with Crippen LogP contribution < -0.4 is 10.6 Å². The highest BCUT2D eigenvalue weighted by atomic mass is 16.5. The predicted octanol–water partition coefficient (Wildman–Crippen LogP) is 7.54. The number of likely N-dealkylation sites (tertiary alicyclic amines) is 2. The van der Waals surface area contributed by atoms with E-state index in [0.717, 1.165) is 70.6 Å². The topological polar surface area (TPSA) is 192 Å². The number of nitrogens with one attached hydrogen (secondary N) is 4. The first-order valence-corrected chi connectivity index (χ1v) is 21.3. The number of aromatic nitrogens is 6. The Labute approximate surface area is 369 Å². The lowest BCUT2D eigenvalue weighted by Crippen LogP contribution is -2.42. The molecule has 2 fully saturated rings. The van der Waals surface area contributed by atoms with Gasteiger partial charge in [-0.3, -0.25) is 9.59 Å². The third-order valence-electron chi connectivity index (χ3n) is 12.2. The van der Waals surface area contributed by atoms with Crippen molar-refractivity contribution < 1.29 is 28.7 Å². The summed E-state index contributed by atoms with van der Waals surface area (Å²) in [4.78, 5) is 77.5. The Kier molecular flexibility index (Phi) is 11.6. The van der Waals surface area contributed by atoms with Gasteiger partial charge in [0.25, 0.3) is 11.8 Å². The Bertz CT molecular complexity index is 2800. The van der Waals surface area contributed by atoms with Crippen LogP contribution in [-0.2, 0) is 26.1 Å². The van der Waals surface area contributed by atoms with Crippen LogP contribution in [0.3, 0.4) is 0 Å². The molecule has 0 spiro atoms. The maximum Gasteiger partial charge on any atom is 0.407 e. The van der Waals surface area contributed by atoms with Crippen molar-refractivity contribution >= 4 is 35.0 Å². The first-order chi connectivity index (χ1) is 31.2. The number of amides is 4. The van der Waals surface area contributed by atoms with Crippen LogP contribution in [-0.4, -0.2) is 90.6 Å². The summed E-state index contributed by atoms with van der Waals surface area (Å²) in [6.45, 7) is 1.08. The molecule has 0 bridgehead atoms. The minimum atomic E-state index is -0.898. The highest BCUT2D eigenvalue weighted by Crippen LogP contribution is 2.37. The molecule has 2 aliphatic rings. The lowest BCUT2D eigenvalue weighted by Gasteiger charge is -2.28. The van der Waals surface area contributed by atoms with E-state index in [2.05, 4.69) is 25.2 Å². The molecule has 2 aliphatic heterocycles. The van der Waals surface area contributed by atoms with Crippen molar-refractivity contribution in [1.82, 2.24) is 49.9 Å². The Morgan fingerprint density at radius 3 is 1.61 bits per heavy atom. The van der Waals surface area contributed by atoms with Crippen LogP contribution in [0, 0.1) is 0 Å². The first-order valence-electron chi connectivity index (χ1n) is 21.3. The first kappa shape index (κ1) is 41.6. The summed E-state index contributed by atoms with van der Waals surface area (Å²) in [5, 5.41) is 5.43. The number of hydrogen-bond acceptors (Lipinski definition) is 9. The van der Waals surface area contributed by atoms with Crippen LogP contribution >= 0.6 is 0 Å². The molecule has 16 nitrogen and oxygen atoms in total. The molecule has 4 N–H and O–H groups in total. The fraction of sp³-hybridized carbons (Fsp3) is 0.271. The molecule has 2 saturated heterocycles. The van der Waals surface area contributed by atoms with Crippen LogP contribution in [0.1, 0.15) is 72.6 Å². The van der Waals surface area contributed by atoms with Crippen molar-refractivity contribution in [3.8, 4) is 33.9 Å². The van der Waals surface area contributed by atoms with Gasteiger partial charge >= 0.3 is 12.2 Å². The summed E-state index contributed by atoms with van der Waals surface area (Å²) in [6, 6.07) is 30.2. The minimum Gasteiger partial charge on any atom is -0.453 e. The largest absolute Gasteiger partial charge is 0.453 e. The van der Waals surface area contributed by atoms with Crippen molar-refractivity contribution in [2.45, 2.75) is 49.9 Å². The molecule has 326 valence electrons. The van der Waals surface area contributed by atoms with E-state index >= 15 is 0 Å². The minimum absolute atomic E-state index is 0.223. The van der Waals surface area contributed by atoms with Crippen LogP contribution in [0.25, 0.3) is 44.9 Å². The highest BCUT2D eigenvalue weighted by molar-refractivity contribution is 5.89. The summed E-state index contributed by atoms with van der Waals surface area (Å²) in [7, 11) is 4.55. The number of carbonyl (C=O) groups is 4. The number of rotatable bonds is 11. The second-order valence-electron chi connectivity index (χ2n) is 16.0. The van der Waals surface area contributed by atoms with Gasteiger partial charge in [0.05, 0.1) is 61.1 Å². The SMILES string of the molecule is COC(=O)N[C@@H](C(=O)N1CCC[C@H]1c1ncc(-c2ccc(-c3nc4cc(-c5cnc([C@@H]6CCCN6C(=O)[C@H](NC(=O)OC)c6ccccc6)[nH]5)ccc4n3C)cc2)[nH]1)c1ccccc1. The molecule has 3 aromatic heterocycles. The van der Waals surface area contributed by atoms with Gasteiger partial charge in [-0.2, -0.15) is 0 Å². The smallest absolute Gasteiger partial charge is 0.407 e. The number of hydrogen-bond donors (Lipinski definition) is 4. The van der Waals surface area contributed by atoms with Crippen molar-refractivity contribution in [2.24, 2.45) is 7.05 Å². The van der Waals surface area contributed by atoms with Gasteiger partial charge < -0.3 is 44.4 Å². The van der Waals surface area contributed by atoms with E-state index in [0.29, 0.717) is 35.9 Å². The van der Waals surface area contributed by atoms with Gasteiger partial charge in [0.2, 0.25) is 0 Å². The van der Waals surface area contributed by atoms with Crippen LogP contribution in [0.2, 0.25) is 0 Å². The van der Waals surface area contributed by atoms with Crippen molar-refractivity contribution in [3.63, 3.8) is 0 Å². The molecule has 64 heavy (non-hydrogen) atoms. The van der Waals surface area contributed by atoms with Gasteiger partial charge in [-0.05, 0) is 54.5 Å². The number of alkyl carbamates (subject to hydrolysis) is 2. The number of fused-ring (bicyclic) bond motifs is 1. The van der Waals surface area contributed by atoms with E-state index in [1.165, 1.54) is 14.2 Å². The molecule has 0 unspecified atom stereocenters. The Morgan fingerprint density at radius 1 is 0.641 bits per heavy atom. The maximum absolute atomic E-state index is 14.0. The van der Waals surface area contributed by atoms with E-state index in [1.54, 1.807) is 22.2 Å². The monoisotopic (exact) mass is 860 g/mol. The number of ether oxygens (including phenoxy) is 2. The van der Waals surface area contributed by atoms with E-state index in [-0.39, 0.29) is 23.9 Å². The average Bonchev–Trinajstić information content (AvgIpc) is 4.20. The molecular formula is C48H48N10O6. The lowest BCUT2D eigenvalue weighted by molar-refractivity contribution is -0.135. The summed E-state index contributed by atoms with van der Waals surface area (Å²) in [5.41, 5.74) is 7.52. The number of H-pyrrole nitrogens is 2. The normalized spacial score (nSPS) is 17.0. The second-order valence-corrected chi connectivity index (χ2v) is 16.0. The third-order valence-corrected chi connectivity index (χ3v) is 12.2. The molecular weight excluding hydrogens is 813 g/mol. The predicted molar refractivity (Wildman–Crippen MR) is 238 cm³/mol. The molecule has 4 aromatic carbocycles. The zero-order valence-electron chi connectivity index (χ0n) is 35.7. The summed E-state index contributed by atoms with van der Waals surface area (Å²) in [6.07, 6.45) is 5.29. The summed E-state index contributed by atoms with van der Waals surface area (Å²) < 4.78 is 11.7. The maximum atomic E-state index is 14.0. The molecule has 16 heteroatoms. The Balaban J connectivity index is 0.900. The Hall–Kier alpha value is -7.75. The number of benzene rings is 4. The third kappa shape index (κ3) is 8.17. The van der Waals surface area contributed by atoms with Crippen molar-refractivity contribution in [3.05, 3.63) is 138 Å². The fourth-order valence-electron chi connectivity index (χ4n) is 8.91. The number of imidazole rings is 3. The van der Waals surface area contributed by atoms with Crippen molar-refractivity contribution in [1.29, 1.82) is 0 Å². The standard InChI is InChI=1S/C48H48N10O6/c1-56-37-23-22-33(36-28-50-43(52-36)39-17-11-25-58(39)46(60)41(55-48(62)64-3)31-14-8-5-9-15-31)26-34(37)53-44(56)32-20-18-29(19-21-32)35-27-49-42(51-35)38-16-10-24-57(38)45(59)40(54-47(61)63-2)30-12-6-4-7-13-30/h4-9,12-15,18-23,26-28,38-41H,10-11,16-17,24-25H2,1-3H3,(H,49,51)(H,50,52)(H,54,61)(H,55,62)/t38-,39-,40+,41+/m0/s1. The molecule has 0 radical (unpaired) electrons. The zero-order chi connectivity index (χ0) is 44.3. The molecule has 7 aromatic rings. The van der Waals surface area contributed by atoms with E-state index in [9.17, 15) is 19.2 Å². The van der Waals surface area contributed by atoms with E-state index in [4.69, 9.17) is 24.4 Å². The highest BCUT2D eigenvalue weighted by Gasteiger charge is 2.38. The van der Waals surface area contributed by atoms with Gasteiger partial charge in [0, 0.05) is 31.3 Å². The van der Waals surface area contributed by atoms with Crippen LogP contribution in [0.15, 0.2) is 116 Å². The molecule has 0 aliphatic carbocycles. The molecule has 0 saturated carbocycles. The van der Waals surface area contributed by atoms with Gasteiger partial charge in [-0.1, -0.05) is 91.0 Å². The fourth-order valence-corrected chi connectivity index (χ4v) is 8.91. The molecule has 9 rings (SSSR count). The van der Waals surface area contributed by atoms with Gasteiger partial charge in [-0.25, -0.2) is 24.5 Å². The number of carbonyl (C=O) groups excluding carboxylic acids is 4. The Morgan fingerprint density at radius 2 is 1.11 bits per heavy atom. The van der Waals surface area contributed by atoms with E-state index < -0.39 is 24.3 Å². The van der Waals surface area contributed by atoms with Crippen molar-refractivity contribution in [2.75, 3.05) is 27.3 Å². The van der Waals surface area contributed by atoms with Gasteiger partial charge in [-0.15, -0.1) is 0 Å². The quantitative estimate of drug-likeness (QED) is 0.102. The number of methoxy groups -OCH3 is 2. The number of nitrogens with zero attached hydrogens (tertiary/aromatic N) is 6. The van der Waals surface area contributed by atoms with Crippen LogP contribution in [0.5, 0.6) is 0 Å². The van der Waals surface area contributed by atoms with Gasteiger partial charge in [0.1, 0.15) is 29.6 Å². The van der Waals surface area contributed by atoms with Gasteiger partial charge in [0.15, 0.2) is 0 Å². The summed E-state index contributed by atoms with van der Waals surface area (Å²) >= 11 is 0. The lowest BCUT2D eigenvalue weighted by atomic mass is 10.1. The molecule has 4 atom stereocenters. The second kappa shape index (κ2) is 17.9. The van der Waals surface area contributed by atoms with E-state index in [1.807, 2.05) is 110 Å². The number of aryl methyl sites for hydroxylation is 1. The molecule has 5 heterocycles. The summed E-state index contributed by atoms with van der Waals surface area (Å²) in [5.74, 6) is 1.71. The average molecular weight is 861 g/mol. The molecule has 4 amide bonds. The van der Waals surface area contributed by atoms with Crippen LogP contribution in [0.4, 0.5) is 9.59 Å². The zero-order valence-corrected chi connectivity index (χ0v) is 35.7.